The Balaban J connectivity index is 2.29. The van der Waals surface area contributed by atoms with E-state index in [0.29, 0.717) is 5.41 Å². The van der Waals surface area contributed by atoms with Crippen LogP contribution in [-0.2, 0) is 6.54 Å². The molecule has 0 aliphatic rings. The number of rotatable bonds is 3. The maximum atomic E-state index is 4.12. The Hall–Kier alpha value is -0.960. The van der Waals surface area contributed by atoms with E-state index in [2.05, 4.69) is 36.1 Å². The fraction of sp³-hybridized carbons (Fsp3) is 0.600. The minimum atomic E-state index is 0.314. The first-order valence-corrected chi connectivity index (χ1v) is 4.54. The van der Waals surface area contributed by atoms with E-state index in [1.165, 1.54) is 0 Å². The largest absolute Gasteiger partial charge is 0.309 e. The zero-order valence-corrected chi connectivity index (χ0v) is 8.54. The van der Waals surface area contributed by atoms with Crippen molar-refractivity contribution in [3.8, 4) is 0 Å². The summed E-state index contributed by atoms with van der Waals surface area (Å²) in [5.74, 6) is 0.853. The van der Waals surface area contributed by atoms with Crippen LogP contribution in [0.1, 0.15) is 26.6 Å². The van der Waals surface area contributed by atoms with Crippen LogP contribution in [0.4, 0.5) is 0 Å². The van der Waals surface area contributed by atoms with Crippen LogP contribution < -0.4 is 5.32 Å². The van der Waals surface area contributed by atoms with Gasteiger partial charge in [-0.05, 0) is 11.5 Å². The fourth-order valence-corrected chi connectivity index (χ4v) is 0.971. The lowest BCUT2D eigenvalue weighted by molar-refractivity contribution is 0.377. The molecule has 0 aliphatic heterocycles. The SMILES string of the molecule is CC(C)(C)CNCc1ncccn1. The summed E-state index contributed by atoms with van der Waals surface area (Å²) in [4.78, 5) is 8.25. The van der Waals surface area contributed by atoms with Gasteiger partial charge in [0.1, 0.15) is 5.82 Å². The van der Waals surface area contributed by atoms with E-state index in [0.717, 1.165) is 18.9 Å². The highest BCUT2D eigenvalue weighted by Crippen LogP contribution is 2.10. The second-order valence-corrected chi connectivity index (χ2v) is 4.33. The molecule has 0 aromatic carbocycles. The molecule has 0 saturated heterocycles. The quantitative estimate of drug-likeness (QED) is 0.766. The number of hydrogen-bond donors (Lipinski definition) is 1. The van der Waals surface area contributed by atoms with Gasteiger partial charge in [-0.15, -0.1) is 0 Å². The monoisotopic (exact) mass is 179 g/mol. The molecular weight excluding hydrogens is 162 g/mol. The minimum Gasteiger partial charge on any atom is -0.309 e. The average Bonchev–Trinajstić information content (AvgIpc) is 2.04. The highest BCUT2D eigenvalue weighted by atomic mass is 15.0. The normalized spacial score (nSPS) is 11.6. The van der Waals surface area contributed by atoms with E-state index >= 15 is 0 Å². The van der Waals surface area contributed by atoms with E-state index in [-0.39, 0.29) is 0 Å². The molecule has 1 rings (SSSR count). The zero-order chi connectivity index (χ0) is 9.73. The third kappa shape index (κ3) is 4.58. The molecule has 0 unspecified atom stereocenters. The summed E-state index contributed by atoms with van der Waals surface area (Å²) in [5.41, 5.74) is 0.314. The van der Waals surface area contributed by atoms with Gasteiger partial charge in [-0.25, -0.2) is 9.97 Å². The summed E-state index contributed by atoms with van der Waals surface area (Å²) in [6.45, 7) is 8.33. The van der Waals surface area contributed by atoms with Crippen molar-refractivity contribution in [2.45, 2.75) is 27.3 Å². The van der Waals surface area contributed by atoms with Crippen molar-refractivity contribution in [2.75, 3.05) is 6.54 Å². The van der Waals surface area contributed by atoms with Gasteiger partial charge in [0.05, 0.1) is 6.54 Å². The Morgan fingerprint density at radius 1 is 1.23 bits per heavy atom. The number of hydrogen-bond acceptors (Lipinski definition) is 3. The Labute approximate surface area is 79.6 Å². The van der Waals surface area contributed by atoms with Crippen LogP contribution in [-0.4, -0.2) is 16.5 Å². The molecule has 1 aromatic heterocycles. The number of nitrogens with one attached hydrogen (secondary N) is 1. The first-order chi connectivity index (χ1) is 6.08. The van der Waals surface area contributed by atoms with E-state index in [1.54, 1.807) is 12.4 Å². The highest BCUT2D eigenvalue weighted by molar-refractivity contribution is 4.87. The van der Waals surface area contributed by atoms with E-state index in [4.69, 9.17) is 0 Å². The lowest BCUT2D eigenvalue weighted by Crippen LogP contribution is -2.27. The van der Waals surface area contributed by atoms with Gasteiger partial charge in [0, 0.05) is 18.9 Å². The molecule has 1 N–H and O–H groups in total. The first-order valence-electron chi connectivity index (χ1n) is 4.54. The Kier molecular flexibility index (Phi) is 3.37. The standard InChI is InChI=1S/C10H17N3/c1-10(2,3)8-11-7-9-12-5-4-6-13-9/h4-6,11H,7-8H2,1-3H3. The molecule has 0 bridgehead atoms. The van der Waals surface area contributed by atoms with Crippen LogP contribution in [0.3, 0.4) is 0 Å². The molecule has 0 radical (unpaired) electrons. The maximum Gasteiger partial charge on any atom is 0.141 e. The molecule has 3 nitrogen and oxygen atoms in total. The predicted octanol–water partition coefficient (Wildman–Crippen LogP) is 1.61. The van der Waals surface area contributed by atoms with Crippen LogP contribution in [0.25, 0.3) is 0 Å². The summed E-state index contributed by atoms with van der Waals surface area (Å²) in [7, 11) is 0. The molecule has 0 amide bonds. The predicted molar refractivity (Wildman–Crippen MR) is 53.2 cm³/mol. The van der Waals surface area contributed by atoms with Crippen molar-refractivity contribution in [1.29, 1.82) is 0 Å². The molecule has 72 valence electrons. The second kappa shape index (κ2) is 4.33. The smallest absolute Gasteiger partial charge is 0.141 e. The molecule has 1 heterocycles. The summed E-state index contributed by atoms with van der Waals surface area (Å²) >= 11 is 0. The van der Waals surface area contributed by atoms with Crippen LogP contribution in [0.15, 0.2) is 18.5 Å². The lowest BCUT2D eigenvalue weighted by Gasteiger charge is -2.18. The van der Waals surface area contributed by atoms with Crippen molar-refractivity contribution in [1.82, 2.24) is 15.3 Å². The Bertz CT molecular complexity index is 238. The summed E-state index contributed by atoms with van der Waals surface area (Å²) in [5, 5.41) is 3.32. The van der Waals surface area contributed by atoms with Crippen molar-refractivity contribution in [3.05, 3.63) is 24.3 Å². The Morgan fingerprint density at radius 2 is 1.85 bits per heavy atom. The highest BCUT2D eigenvalue weighted by Gasteiger charge is 2.08. The lowest BCUT2D eigenvalue weighted by atomic mass is 9.97. The van der Waals surface area contributed by atoms with E-state index in [1.807, 2.05) is 6.07 Å². The topological polar surface area (TPSA) is 37.8 Å². The second-order valence-electron chi connectivity index (χ2n) is 4.33. The van der Waals surface area contributed by atoms with Crippen LogP contribution >= 0.6 is 0 Å². The van der Waals surface area contributed by atoms with E-state index < -0.39 is 0 Å². The molecule has 3 heteroatoms. The summed E-state index contributed by atoms with van der Waals surface area (Å²) < 4.78 is 0. The molecule has 0 atom stereocenters. The third-order valence-corrected chi connectivity index (χ3v) is 1.56. The number of nitrogens with zero attached hydrogens (tertiary/aromatic N) is 2. The van der Waals surface area contributed by atoms with Crippen molar-refractivity contribution in [3.63, 3.8) is 0 Å². The van der Waals surface area contributed by atoms with E-state index in [9.17, 15) is 0 Å². The van der Waals surface area contributed by atoms with Gasteiger partial charge in [0.25, 0.3) is 0 Å². The minimum absolute atomic E-state index is 0.314. The van der Waals surface area contributed by atoms with Crippen molar-refractivity contribution < 1.29 is 0 Å². The van der Waals surface area contributed by atoms with Gasteiger partial charge in [-0.3, -0.25) is 0 Å². The summed E-state index contributed by atoms with van der Waals surface area (Å²) in [6.07, 6.45) is 3.53. The molecule has 0 spiro atoms. The number of aromatic nitrogens is 2. The maximum absolute atomic E-state index is 4.12. The molecule has 0 fully saturated rings. The zero-order valence-electron chi connectivity index (χ0n) is 8.54. The van der Waals surface area contributed by atoms with Crippen molar-refractivity contribution >= 4 is 0 Å². The molecule has 13 heavy (non-hydrogen) atoms. The van der Waals surface area contributed by atoms with Gasteiger partial charge in [0.2, 0.25) is 0 Å². The van der Waals surface area contributed by atoms with Gasteiger partial charge < -0.3 is 5.32 Å². The summed E-state index contributed by atoms with van der Waals surface area (Å²) in [6, 6.07) is 1.83. The fourth-order valence-electron chi connectivity index (χ4n) is 0.971. The van der Waals surface area contributed by atoms with Crippen LogP contribution in [0, 0.1) is 5.41 Å². The third-order valence-electron chi connectivity index (χ3n) is 1.56. The van der Waals surface area contributed by atoms with Crippen molar-refractivity contribution in [2.24, 2.45) is 5.41 Å². The molecule has 0 saturated carbocycles. The molecular formula is C10H17N3. The van der Waals surface area contributed by atoms with Gasteiger partial charge >= 0.3 is 0 Å². The average molecular weight is 179 g/mol. The van der Waals surface area contributed by atoms with Crippen LogP contribution in [0.2, 0.25) is 0 Å². The molecule has 0 aliphatic carbocycles. The molecule has 1 aromatic rings. The van der Waals surface area contributed by atoms with Gasteiger partial charge in [-0.2, -0.15) is 0 Å². The van der Waals surface area contributed by atoms with Crippen LogP contribution in [0.5, 0.6) is 0 Å². The van der Waals surface area contributed by atoms with Gasteiger partial charge in [-0.1, -0.05) is 20.8 Å². The van der Waals surface area contributed by atoms with Gasteiger partial charge in [0.15, 0.2) is 0 Å². The Morgan fingerprint density at radius 3 is 2.38 bits per heavy atom. The first kappa shape index (κ1) is 10.1.